The summed E-state index contributed by atoms with van der Waals surface area (Å²) < 4.78 is 37.7. The number of benzene rings is 2. The molecular weight excluding hydrogens is 438 g/mol. The van der Waals surface area contributed by atoms with Crippen molar-refractivity contribution < 1.29 is 27.3 Å². The minimum atomic E-state index is -4.08. The van der Waals surface area contributed by atoms with E-state index in [1.807, 2.05) is 0 Å². The number of halogens is 1. The molecule has 0 bridgehead atoms. The van der Waals surface area contributed by atoms with Gasteiger partial charge < -0.3 is 14.5 Å². The van der Waals surface area contributed by atoms with Crippen LogP contribution in [0.2, 0.25) is 5.02 Å². The van der Waals surface area contributed by atoms with E-state index in [-0.39, 0.29) is 27.1 Å². The highest BCUT2D eigenvalue weighted by Crippen LogP contribution is 2.28. The zero-order chi connectivity index (χ0) is 21.9. The Morgan fingerprint density at radius 2 is 1.77 bits per heavy atom. The molecule has 0 fully saturated rings. The number of carbonyl (C=O) groups is 1. The molecule has 0 radical (unpaired) electrons. The first-order valence-electron chi connectivity index (χ1n) is 8.21. The van der Waals surface area contributed by atoms with Crippen LogP contribution < -0.4 is 14.8 Å². The number of hydrogen-bond acceptors (Lipinski definition) is 7. The molecular formula is C18H14ClN3O7S. The van der Waals surface area contributed by atoms with Gasteiger partial charge in [0.25, 0.3) is 15.9 Å². The highest BCUT2D eigenvalue weighted by molar-refractivity contribution is 7.92. The third-order valence-electron chi connectivity index (χ3n) is 3.82. The molecule has 0 saturated heterocycles. The van der Waals surface area contributed by atoms with Crippen LogP contribution in [0.5, 0.6) is 5.75 Å². The first-order chi connectivity index (χ1) is 14.2. The number of hydrogen-bond donors (Lipinski definition) is 2. The number of methoxy groups -OCH3 is 1. The molecule has 12 heteroatoms. The molecule has 0 aliphatic heterocycles. The standard InChI is InChI=1S/C18H14ClN3O7S/c1-28-13-5-2-11(3-6-13)21-30(26,27)16-10-12(4-7-14(16)19)20-18(23)15-8-9-17(29-15)22(24)25/h2-10,21H,1H3,(H,20,23). The van der Waals surface area contributed by atoms with Gasteiger partial charge >= 0.3 is 5.88 Å². The SMILES string of the molecule is COc1ccc(NS(=O)(=O)c2cc(NC(=O)c3ccc([N+](=O)[O-])o3)ccc2Cl)cc1. The van der Waals surface area contributed by atoms with Crippen molar-refractivity contribution in [3.05, 3.63) is 75.5 Å². The van der Waals surface area contributed by atoms with Crippen molar-refractivity contribution in [2.75, 3.05) is 17.1 Å². The fourth-order valence-corrected chi connectivity index (χ4v) is 3.98. The molecule has 1 amide bonds. The topological polar surface area (TPSA) is 141 Å². The Kier molecular flexibility index (Phi) is 5.94. The molecule has 0 spiro atoms. The summed E-state index contributed by atoms with van der Waals surface area (Å²) in [7, 11) is -2.59. The normalized spacial score (nSPS) is 11.0. The smallest absolute Gasteiger partial charge is 0.433 e. The molecule has 0 aliphatic rings. The van der Waals surface area contributed by atoms with Crippen LogP contribution in [-0.2, 0) is 10.0 Å². The van der Waals surface area contributed by atoms with E-state index in [2.05, 4.69) is 10.0 Å². The van der Waals surface area contributed by atoms with E-state index >= 15 is 0 Å². The second kappa shape index (κ2) is 8.43. The maximum Gasteiger partial charge on any atom is 0.433 e. The van der Waals surface area contributed by atoms with E-state index in [0.29, 0.717) is 5.75 Å². The second-order valence-electron chi connectivity index (χ2n) is 5.83. The predicted molar refractivity (Wildman–Crippen MR) is 109 cm³/mol. The number of anilines is 2. The lowest BCUT2D eigenvalue weighted by Gasteiger charge is -2.12. The number of ether oxygens (including phenoxy) is 1. The number of nitro groups is 1. The zero-order valence-electron chi connectivity index (χ0n) is 15.3. The van der Waals surface area contributed by atoms with Gasteiger partial charge in [0.15, 0.2) is 5.76 Å². The number of amides is 1. The molecule has 1 heterocycles. The lowest BCUT2D eigenvalue weighted by molar-refractivity contribution is -0.402. The minimum Gasteiger partial charge on any atom is -0.497 e. The van der Waals surface area contributed by atoms with E-state index in [0.717, 1.165) is 18.2 Å². The Hall–Kier alpha value is -3.57. The Morgan fingerprint density at radius 3 is 2.37 bits per heavy atom. The average Bonchev–Trinajstić information content (AvgIpc) is 3.20. The van der Waals surface area contributed by atoms with Crippen LogP contribution in [0.4, 0.5) is 17.3 Å². The number of sulfonamides is 1. The van der Waals surface area contributed by atoms with Crippen molar-refractivity contribution in [1.29, 1.82) is 0 Å². The number of carbonyl (C=O) groups excluding carboxylic acids is 1. The molecule has 2 N–H and O–H groups in total. The molecule has 1 aromatic heterocycles. The Labute approximate surface area is 175 Å². The predicted octanol–water partition coefficient (Wildman–Crippen LogP) is 3.90. The van der Waals surface area contributed by atoms with E-state index < -0.39 is 26.7 Å². The lowest BCUT2D eigenvalue weighted by atomic mass is 10.3. The highest BCUT2D eigenvalue weighted by atomic mass is 35.5. The third kappa shape index (κ3) is 4.70. The van der Waals surface area contributed by atoms with Crippen LogP contribution in [0, 0.1) is 10.1 Å². The molecule has 0 saturated carbocycles. The number of nitrogens with zero attached hydrogens (tertiary/aromatic N) is 1. The summed E-state index contributed by atoms with van der Waals surface area (Å²) >= 11 is 6.04. The van der Waals surface area contributed by atoms with Gasteiger partial charge in [-0.1, -0.05) is 11.6 Å². The highest BCUT2D eigenvalue weighted by Gasteiger charge is 2.21. The molecule has 30 heavy (non-hydrogen) atoms. The molecule has 0 aliphatic carbocycles. The van der Waals surface area contributed by atoms with Crippen molar-refractivity contribution in [1.82, 2.24) is 0 Å². The molecule has 156 valence electrons. The van der Waals surface area contributed by atoms with Crippen LogP contribution in [0.15, 0.2) is 63.9 Å². The molecule has 2 aromatic carbocycles. The van der Waals surface area contributed by atoms with E-state index in [1.54, 1.807) is 12.1 Å². The van der Waals surface area contributed by atoms with Gasteiger partial charge in [-0.2, -0.15) is 0 Å². The molecule has 3 aromatic rings. The van der Waals surface area contributed by atoms with Crippen LogP contribution >= 0.6 is 11.6 Å². The first-order valence-corrected chi connectivity index (χ1v) is 10.1. The fourth-order valence-electron chi connectivity index (χ4n) is 2.40. The summed E-state index contributed by atoms with van der Waals surface area (Å²) in [6, 6.07) is 12.2. The largest absolute Gasteiger partial charge is 0.497 e. The Morgan fingerprint density at radius 1 is 1.10 bits per heavy atom. The Balaban J connectivity index is 1.82. The van der Waals surface area contributed by atoms with Crippen molar-refractivity contribution in [2.45, 2.75) is 4.90 Å². The maximum atomic E-state index is 12.7. The fraction of sp³-hybridized carbons (Fsp3) is 0.0556. The van der Waals surface area contributed by atoms with Gasteiger partial charge in [0, 0.05) is 11.4 Å². The van der Waals surface area contributed by atoms with Crippen molar-refractivity contribution in [2.24, 2.45) is 0 Å². The third-order valence-corrected chi connectivity index (χ3v) is 5.68. The maximum absolute atomic E-state index is 12.7. The van der Waals surface area contributed by atoms with Gasteiger partial charge in [0.2, 0.25) is 0 Å². The average molecular weight is 452 g/mol. The van der Waals surface area contributed by atoms with Crippen LogP contribution in [0.3, 0.4) is 0 Å². The Bertz CT molecular complexity index is 1210. The number of rotatable bonds is 7. The number of furan rings is 1. The van der Waals surface area contributed by atoms with Gasteiger partial charge in [-0.3, -0.25) is 19.6 Å². The van der Waals surface area contributed by atoms with Gasteiger partial charge in [-0.05, 0) is 48.5 Å². The van der Waals surface area contributed by atoms with Gasteiger partial charge in [0.05, 0.1) is 18.2 Å². The summed E-state index contributed by atoms with van der Waals surface area (Å²) in [6.07, 6.45) is 0. The second-order valence-corrected chi connectivity index (χ2v) is 7.89. The number of nitrogens with one attached hydrogen (secondary N) is 2. The summed E-state index contributed by atoms with van der Waals surface area (Å²) in [5.41, 5.74) is 0.378. The molecule has 0 atom stereocenters. The summed E-state index contributed by atoms with van der Waals surface area (Å²) in [5, 5.41) is 13.0. The van der Waals surface area contributed by atoms with E-state index in [1.165, 1.54) is 31.4 Å². The van der Waals surface area contributed by atoms with E-state index in [4.69, 9.17) is 20.8 Å². The minimum absolute atomic E-state index is 0.0670. The summed E-state index contributed by atoms with van der Waals surface area (Å²) in [4.78, 5) is 21.8. The summed E-state index contributed by atoms with van der Waals surface area (Å²) in [6.45, 7) is 0. The molecule has 0 unspecified atom stereocenters. The zero-order valence-corrected chi connectivity index (χ0v) is 16.9. The molecule has 10 nitrogen and oxygen atoms in total. The van der Waals surface area contributed by atoms with Gasteiger partial charge in [-0.15, -0.1) is 0 Å². The summed E-state index contributed by atoms with van der Waals surface area (Å²) in [5.74, 6) is -1.14. The molecule has 3 rings (SSSR count). The van der Waals surface area contributed by atoms with Crippen molar-refractivity contribution in [3.63, 3.8) is 0 Å². The van der Waals surface area contributed by atoms with Crippen molar-refractivity contribution in [3.8, 4) is 5.75 Å². The monoisotopic (exact) mass is 451 g/mol. The van der Waals surface area contributed by atoms with Gasteiger partial charge in [0.1, 0.15) is 15.6 Å². The van der Waals surface area contributed by atoms with Gasteiger partial charge in [-0.25, -0.2) is 8.42 Å². The van der Waals surface area contributed by atoms with Crippen molar-refractivity contribution >= 4 is 44.8 Å². The lowest BCUT2D eigenvalue weighted by Crippen LogP contribution is -2.15. The van der Waals surface area contributed by atoms with E-state index in [9.17, 15) is 23.3 Å². The van der Waals surface area contributed by atoms with Crippen LogP contribution in [-0.4, -0.2) is 26.4 Å². The van der Waals surface area contributed by atoms with Crippen LogP contribution in [0.25, 0.3) is 0 Å². The first kappa shape index (κ1) is 21.1. The van der Waals surface area contributed by atoms with Crippen LogP contribution in [0.1, 0.15) is 10.6 Å². The quantitative estimate of drug-likeness (QED) is 0.409.